The Hall–Kier alpha value is -1.67. The molecule has 1 rings (SSSR count). The number of hydrogen-bond acceptors (Lipinski definition) is 3. The topological polar surface area (TPSA) is 45.0 Å². The molecule has 0 radical (unpaired) electrons. The van der Waals surface area contributed by atoms with E-state index < -0.39 is 17.2 Å². The highest BCUT2D eigenvalue weighted by atomic mass is 19.2. The minimum absolute atomic E-state index is 0.315. The van der Waals surface area contributed by atoms with E-state index in [1.54, 1.807) is 7.05 Å². The third-order valence-electron chi connectivity index (χ3n) is 3.03. The maximum absolute atomic E-state index is 12.9. The minimum Gasteiger partial charge on any atom is -0.493 e. The number of hydrogen-bond donors (Lipinski definition) is 1. The Morgan fingerprint density at radius 3 is 2.63 bits per heavy atom. The number of rotatable bonds is 7. The summed E-state index contributed by atoms with van der Waals surface area (Å²) in [5, 5.41) is 11.9. The maximum atomic E-state index is 12.9. The number of halogens is 2. The first-order chi connectivity index (χ1) is 9.00. The SMILES string of the molecule is CNC(C)(C#N)CCCCOc1ccc(F)c(F)c1. The Bertz CT molecular complexity index is 459. The Morgan fingerprint density at radius 2 is 2.05 bits per heavy atom. The first kappa shape index (κ1) is 15.4. The average Bonchev–Trinajstić information content (AvgIpc) is 2.42. The fourth-order valence-electron chi connectivity index (χ4n) is 1.57. The molecule has 1 aromatic rings. The summed E-state index contributed by atoms with van der Waals surface area (Å²) in [6.07, 6.45) is 2.27. The van der Waals surface area contributed by atoms with Gasteiger partial charge in [-0.3, -0.25) is 0 Å². The van der Waals surface area contributed by atoms with E-state index in [9.17, 15) is 8.78 Å². The lowest BCUT2D eigenvalue weighted by Crippen LogP contribution is -2.37. The zero-order valence-corrected chi connectivity index (χ0v) is 11.2. The lowest BCUT2D eigenvalue weighted by molar-refractivity contribution is 0.295. The van der Waals surface area contributed by atoms with Crippen LogP contribution in [0.1, 0.15) is 26.2 Å². The number of ether oxygens (including phenoxy) is 1. The third kappa shape index (κ3) is 4.84. The Morgan fingerprint density at radius 1 is 1.32 bits per heavy atom. The van der Waals surface area contributed by atoms with Gasteiger partial charge in [0.25, 0.3) is 0 Å². The predicted molar refractivity (Wildman–Crippen MR) is 68.8 cm³/mol. The van der Waals surface area contributed by atoms with Crippen molar-refractivity contribution < 1.29 is 13.5 Å². The molecule has 0 saturated heterocycles. The molecule has 0 aromatic heterocycles. The smallest absolute Gasteiger partial charge is 0.162 e. The first-order valence-electron chi connectivity index (χ1n) is 6.19. The molecule has 1 aromatic carbocycles. The van der Waals surface area contributed by atoms with Gasteiger partial charge in [-0.2, -0.15) is 5.26 Å². The molecule has 0 bridgehead atoms. The van der Waals surface area contributed by atoms with Crippen molar-refractivity contribution in [3.8, 4) is 11.8 Å². The number of unbranched alkanes of at least 4 members (excludes halogenated alkanes) is 1. The van der Waals surface area contributed by atoms with Crippen LogP contribution in [0.4, 0.5) is 8.78 Å². The van der Waals surface area contributed by atoms with Gasteiger partial charge in [0.05, 0.1) is 12.7 Å². The van der Waals surface area contributed by atoms with Gasteiger partial charge in [-0.05, 0) is 45.4 Å². The molecule has 104 valence electrons. The zero-order chi connectivity index (χ0) is 14.3. The molecule has 5 heteroatoms. The molecule has 19 heavy (non-hydrogen) atoms. The van der Waals surface area contributed by atoms with Crippen molar-refractivity contribution in [3.63, 3.8) is 0 Å². The van der Waals surface area contributed by atoms with Crippen LogP contribution in [0.15, 0.2) is 18.2 Å². The predicted octanol–water partition coefficient (Wildman–Crippen LogP) is 3.02. The summed E-state index contributed by atoms with van der Waals surface area (Å²) in [4.78, 5) is 0. The molecule has 0 amide bonds. The molecule has 1 unspecified atom stereocenters. The monoisotopic (exact) mass is 268 g/mol. The molecule has 0 saturated carbocycles. The summed E-state index contributed by atoms with van der Waals surface area (Å²) in [5.41, 5.74) is -0.526. The van der Waals surface area contributed by atoms with E-state index in [1.807, 2.05) is 6.92 Å². The first-order valence-corrected chi connectivity index (χ1v) is 6.19. The molecular formula is C14H18F2N2O. The number of nitrogens with one attached hydrogen (secondary N) is 1. The second kappa shape index (κ2) is 7.05. The fourth-order valence-corrected chi connectivity index (χ4v) is 1.57. The van der Waals surface area contributed by atoms with Crippen LogP contribution in [-0.2, 0) is 0 Å². The zero-order valence-electron chi connectivity index (χ0n) is 11.2. The van der Waals surface area contributed by atoms with E-state index in [4.69, 9.17) is 10.00 Å². The van der Waals surface area contributed by atoms with Gasteiger partial charge >= 0.3 is 0 Å². The highest BCUT2D eigenvalue weighted by molar-refractivity contribution is 5.23. The van der Waals surface area contributed by atoms with Crippen LogP contribution in [-0.4, -0.2) is 19.2 Å². The van der Waals surface area contributed by atoms with E-state index in [0.29, 0.717) is 18.8 Å². The highest BCUT2D eigenvalue weighted by Crippen LogP contribution is 2.16. The van der Waals surface area contributed by atoms with E-state index in [0.717, 1.165) is 25.0 Å². The van der Waals surface area contributed by atoms with Crippen molar-refractivity contribution in [1.29, 1.82) is 5.26 Å². The summed E-state index contributed by atoms with van der Waals surface area (Å²) in [7, 11) is 1.75. The number of benzene rings is 1. The molecule has 0 aliphatic rings. The summed E-state index contributed by atoms with van der Waals surface area (Å²) in [6, 6.07) is 5.67. The summed E-state index contributed by atoms with van der Waals surface area (Å²) >= 11 is 0. The molecule has 0 spiro atoms. The fraction of sp³-hybridized carbons (Fsp3) is 0.500. The van der Waals surface area contributed by atoms with Gasteiger partial charge in [0.2, 0.25) is 0 Å². The molecule has 0 fully saturated rings. The maximum Gasteiger partial charge on any atom is 0.162 e. The Labute approximate surface area is 112 Å². The van der Waals surface area contributed by atoms with Gasteiger partial charge in [0.1, 0.15) is 11.3 Å². The second-order valence-corrected chi connectivity index (χ2v) is 4.58. The molecule has 0 heterocycles. The van der Waals surface area contributed by atoms with Crippen molar-refractivity contribution in [2.24, 2.45) is 0 Å². The molecular weight excluding hydrogens is 250 g/mol. The second-order valence-electron chi connectivity index (χ2n) is 4.58. The number of nitrogens with zero attached hydrogens (tertiary/aromatic N) is 1. The van der Waals surface area contributed by atoms with E-state index in [-0.39, 0.29) is 0 Å². The van der Waals surface area contributed by atoms with Crippen LogP contribution in [0.2, 0.25) is 0 Å². The van der Waals surface area contributed by atoms with Crippen molar-refractivity contribution >= 4 is 0 Å². The van der Waals surface area contributed by atoms with Crippen LogP contribution >= 0.6 is 0 Å². The molecule has 0 aliphatic heterocycles. The van der Waals surface area contributed by atoms with Crippen molar-refractivity contribution in [2.75, 3.05) is 13.7 Å². The van der Waals surface area contributed by atoms with Crippen molar-refractivity contribution in [3.05, 3.63) is 29.8 Å². The average molecular weight is 268 g/mol. The molecule has 1 atom stereocenters. The minimum atomic E-state index is -0.912. The van der Waals surface area contributed by atoms with E-state index in [1.165, 1.54) is 6.07 Å². The van der Waals surface area contributed by atoms with Crippen LogP contribution in [0.3, 0.4) is 0 Å². The Balaban J connectivity index is 2.28. The van der Waals surface area contributed by atoms with Crippen LogP contribution < -0.4 is 10.1 Å². The third-order valence-corrected chi connectivity index (χ3v) is 3.03. The highest BCUT2D eigenvalue weighted by Gasteiger charge is 2.19. The number of nitriles is 1. The van der Waals surface area contributed by atoms with Gasteiger partial charge in [0, 0.05) is 6.07 Å². The molecule has 3 nitrogen and oxygen atoms in total. The lowest BCUT2D eigenvalue weighted by atomic mass is 9.97. The van der Waals surface area contributed by atoms with Crippen molar-refractivity contribution in [1.82, 2.24) is 5.32 Å². The van der Waals surface area contributed by atoms with Gasteiger partial charge < -0.3 is 10.1 Å². The Kier molecular flexibility index (Phi) is 5.71. The molecule has 0 aliphatic carbocycles. The summed E-state index contributed by atoms with van der Waals surface area (Å²) < 4.78 is 30.9. The van der Waals surface area contributed by atoms with Crippen LogP contribution in [0, 0.1) is 23.0 Å². The van der Waals surface area contributed by atoms with E-state index in [2.05, 4.69) is 11.4 Å². The quantitative estimate of drug-likeness (QED) is 0.773. The van der Waals surface area contributed by atoms with Gasteiger partial charge in [0.15, 0.2) is 11.6 Å². The van der Waals surface area contributed by atoms with Crippen LogP contribution in [0.25, 0.3) is 0 Å². The summed E-state index contributed by atoms with van der Waals surface area (Å²) in [5.74, 6) is -1.48. The van der Waals surface area contributed by atoms with Gasteiger partial charge in [-0.15, -0.1) is 0 Å². The molecule has 1 N–H and O–H groups in total. The summed E-state index contributed by atoms with van der Waals surface area (Å²) in [6.45, 7) is 2.25. The standard InChI is InChI=1S/C14H18F2N2O/c1-14(10-17,18-2)7-3-4-8-19-11-5-6-12(15)13(16)9-11/h5-6,9,18H,3-4,7-8H2,1-2H3. The normalized spacial score (nSPS) is 13.6. The van der Waals surface area contributed by atoms with Crippen molar-refractivity contribution in [2.45, 2.75) is 31.7 Å². The van der Waals surface area contributed by atoms with Crippen LogP contribution in [0.5, 0.6) is 5.75 Å². The largest absolute Gasteiger partial charge is 0.493 e. The van der Waals surface area contributed by atoms with Gasteiger partial charge in [-0.1, -0.05) is 0 Å². The van der Waals surface area contributed by atoms with E-state index >= 15 is 0 Å². The lowest BCUT2D eigenvalue weighted by Gasteiger charge is -2.20. The van der Waals surface area contributed by atoms with Gasteiger partial charge in [-0.25, -0.2) is 8.78 Å².